The maximum absolute atomic E-state index is 12.3. The van der Waals surface area contributed by atoms with E-state index >= 15 is 0 Å². The molecule has 1 aromatic rings. The molecule has 1 saturated heterocycles. The number of hydrogen-bond acceptors (Lipinski definition) is 2. The summed E-state index contributed by atoms with van der Waals surface area (Å²) in [6.45, 7) is 6.40. The maximum atomic E-state index is 12.3. The average Bonchev–Trinajstić information content (AvgIpc) is 2.26. The van der Waals surface area contributed by atoms with Crippen molar-refractivity contribution in [2.45, 2.75) is 19.9 Å². The van der Waals surface area contributed by atoms with Gasteiger partial charge in [0, 0.05) is 36.3 Å². The molecule has 0 aliphatic carbocycles. The number of benzene rings is 1. The Morgan fingerprint density at radius 1 is 1.47 bits per heavy atom. The minimum atomic E-state index is 0.0731. The molecule has 1 N–H and O–H groups in total. The summed E-state index contributed by atoms with van der Waals surface area (Å²) in [5.74, 6) is 0.0731. The summed E-state index contributed by atoms with van der Waals surface area (Å²) in [5, 5.41) is 3.94. The van der Waals surface area contributed by atoms with Crippen LogP contribution in [0, 0.1) is 6.92 Å². The van der Waals surface area contributed by atoms with E-state index in [0.717, 1.165) is 25.2 Å². The number of piperazine rings is 1. The minimum absolute atomic E-state index is 0.0731. The lowest BCUT2D eigenvalue weighted by molar-refractivity contribution is 0.0709. The third-order valence-corrected chi connectivity index (χ3v) is 3.16. The zero-order valence-corrected chi connectivity index (χ0v) is 10.9. The van der Waals surface area contributed by atoms with Gasteiger partial charge in [0.1, 0.15) is 0 Å². The lowest BCUT2D eigenvalue weighted by atomic mass is 10.1. The maximum Gasteiger partial charge on any atom is 0.254 e. The molecule has 3 nitrogen and oxygen atoms in total. The van der Waals surface area contributed by atoms with Crippen molar-refractivity contribution >= 4 is 17.5 Å². The van der Waals surface area contributed by atoms with Crippen molar-refractivity contribution in [3.63, 3.8) is 0 Å². The molecule has 1 aromatic carbocycles. The molecule has 2 rings (SSSR count). The molecule has 0 saturated carbocycles. The predicted molar refractivity (Wildman–Crippen MR) is 69.6 cm³/mol. The molecule has 1 heterocycles. The Morgan fingerprint density at radius 3 is 2.88 bits per heavy atom. The van der Waals surface area contributed by atoms with Crippen molar-refractivity contribution in [3.8, 4) is 0 Å². The molecular weight excluding hydrogens is 236 g/mol. The fraction of sp³-hybridized carbons (Fsp3) is 0.462. The first-order valence-electron chi connectivity index (χ1n) is 5.86. The van der Waals surface area contributed by atoms with E-state index in [0.29, 0.717) is 16.6 Å². The van der Waals surface area contributed by atoms with Gasteiger partial charge in [0.2, 0.25) is 0 Å². The highest BCUT2D eigenvalue weighted by atomic mass is 35.5. The Kier molecular flexibility index (Phi) is 3.69. The van der Waals surface area contributed by atoms with Crippen LogP contribution in [0.25, 0.3) is 0 Å². The van der Waals surface area contributed by atoms with E-state index in [9.17, 15) is 4.79 Å². The molecule has 92 valence electrons. The van der Waals surface area contributed by atoms with E-state index in [-0.39, 0.29) is 5.91 Å². The standard InChI is InChI=1S/C13H17ClN2O/c1-9-5-11(7-12(14)6-9)13(17)16-4-3-15-10(2)8-16/h5-7,10,15H,3-4,8H2,1-2H3/t10-/m0/s1. The minimum Gasteiger partial charge on any atom is -0.336 e. The summed E-state index contributed by atoms with van der Waals surface area (Å²) in [6.07, 6.45) is 0. The van der Waals surface area contributed by atoms with Gasteiger partial charge in [-0.2, -0.15) is 0 Å². The number of amides is 1. The van der Waals surface area contributed by atoms with Crippen molar-refractivity contribution in [1.29, 1.82) is 0 Å². The van der Waals surface area contributed by atoms with E-state index in [4.69, 9.17) is 11.6 Å². The number of aryl methyl sites for hydroxylation is 1. The first-order chi connectivity index (χ1) is 8.06. The second kappa shape index (κ2) is 5.07. The zero-order chi connectivity index (χ0) is 12.4. The van der Waals surface area contributed by atoms with E-state index in [2.05, 4.69) is 12.2 Å². The predicted octanol–water partition coefficient (Wildman–Crippen LogP) is 2.08. The average molecular weight is 253 g/mol. The smallest absolute Gasteiger partial charge is 0.254 e. The second-order valence-corrected chi connectivity index (χ2v) is 5.06. The lowest BCUT2D eigenvalue weighted by Gasteiger charge is -2.32. The number of hydrogen-bond donors (Lipinski definition) is 1. The van der Waals surface area contributed by atoms with Gasteiger partial charge >= 0.3 is 0 Å². The third-order valence-electron chi connectivity index (χ3n) is 2.95. The van der Waals surface area contributed by atoms with Gasteiger partial charge in [0.25, 0.3) is 5.91 Å². The van der Waals surface area contributed by atoms with Gasteiger partial charge in [-0.1, -0.05) is 11.6 Å². The molecule has 0 unspecified atom stereocenters. The van der Waals surface area contributed by atoms with Crippen LogP contribution in [0.4, 0.5) is 0 Å². The van der Waals surface area contributed by atoms with Crippen LogP contribution in [0.1, 0.15) is 22.8 Å². The molecule has 0 bridgehead atoms. The Hall–Kier alpha value is -1.06. The molecule has 4 heteroatoms. The van der Waals surface area contributed by atoms with Crippen LogP contribution in [-0.2, 0) is 0 Å². The second-order valence-electron chi connectivity index (χ2n) is 4.62. The first kappa shape index (κ1) is 12.4. The van der Waals surface area contributed by atoms with E-state index in [1.807, 2.05) is 24.0 Å². The van der Waals surface area contributed by atoms with Gasteiger partial charge in [-0.25, -0.2) is 0 Å². The number of carbonyl (C=O) groups is 1. The van der Waals surface area contributed by atoms with E-state index < -0.39 is 0 Å². The lowest BCUT2D eigenvalue weighted by Crippen LogP contribution is -2.51. The Morgan fingerprint density at radius 2 is 2.24 bits per heavy atom. The van der Waals surface area contributed by atoms with Crippen LogP contribution >= 0.6 is 11.6 Å². The zero-order valence-electron chi connectivity index (χ0n) is 10.2. The van der Waals surface area contributed by atoms with Crippen molar-refractivity contribution in [3.05, 3.63) is 34.3 Å². The van der Waals surface area contributed by atoms with Gasteiger partial charge < -0.3 is 10.2 Å². The molecule has 1 aliphatic heterocycles. The van der Waals surface area contributed by atoms with Crippen LogP contribution < -0.4 is 5.32 Å². The van der Waals surface area contributed by atoms with Crippen LogP contribution in [0.5, 0.6) is 0 Å². The van der Waals surface area contributed by atoms with Crippen molar-refractivity contribution < 1.29 is 4.79 Å². The molecule has 0 radical (unpaired) electrons. The third kappa shape index (κ3) is 2.99. The number of halogens is 1. The number of nitrogens with one attached hydrogen (secondary N) is 1. The largest absolute Gasteiger partial charge is 0.336 e. The first-order valence-corrected chi connectivity index (χ1v) is 6.24. The number of nitrogens with zero attached hydrogens (tertiary/aromatic N) is 1. The Bertz CT molecular complexity index is 413. The Balaban J connectivity index is 2.18. The topological polar surface area (TPSA) is 32.3 Å². The van der Waals surface area contributed by atoms with Crippen LogP contribution in [0.15, 0.2) is 18.2 Å². The Labute approximate surface area is 107 Å². The molecular formula is C13H17ClN2O. The highest BCUT2D eigenvalue weighted by Crippen LogP contribution is 2.16. The van der Waals surface area contributed by atoms with Crippen LogP contribution in [-0.4, -0.2) is 36.5 Å². The van der Waals surface area contributed by atoms with E-state index in [1.165, 1.54) is 0 Å². The molecule has 0 aromatic heterocycles. The summed E-state index contributed by atoms with van der Waals surface area (Å²) in [5.41, 5.74) is 1.70. The SMILES string of the molecule is Cc1cc(Cl)cc(C(=O)N2CCN[C@@H](C)C2)c1. The number of rotatable bonds is 1. The molecule has 1 atom stereocenters. The van der Waals surface area contributed by atoms with Gasteiger partial charge in [0.05, 0.1) is 0 Å². The van der Waals surface area contributed by atoms with Crippen molar-refractivity contribution in [1.82, 2.24) is 10.2 Å². The van der Waals surface area contributed by atoms with Gasteiger partial charge in [-0.15, -0.1) is 0 Å². The molecule has 17 heavy (non-hydrogen) atoms. The van der Waals surface area contributed by atoms with Crippen LogP contribution in [0.2, 0.25) is 5.02 Å². The normalized spacial score (nSPS) is 20.4. The fourth-order valence-electron chi connectivity index (χ4n) is 2.16. The summed E-state index contributed by atoms with van der Waals surface area (Å²) in [6, 6.07) is 5.84. The van der Waals surface area contributed by atoms with Gasteiger partial charge in [-0.05, 0) is 37.6 Å². The molecule has 1 aliphatic rings. The van der Waals surface area contributed by atoms with E-state index in [1.54, 1.807) is 6.07 Å². The monoisotopic (exact) mass is 252 g/mol. The summed E-state index contributed by atoms with van der Waals surface area (Å²) < 4.78 is 0. The molecule has 1 amide bonds. The molecule has 0 spiro atoms. The number of carbonyl (C=O) groups excluding carboxylic acids is 1. The fourth-order valence-corrected chi connectivity index (χ4v) is 2.45. The summed E-state index contributed by atoms with van der Waals surface area (Å²) >= 11 is 5.98. The van der Waals surface area contributed by atoms with Gasteiger partial charge in [-0.3, -0.25) is 4.79 Å². The quantitative estimate of drug-likeness (QED) is 0.830. The van der Waals surface area contributed by atoms with Crippen molar-refractivity contribution in [2.75, 3.05) is 19.6 Å². The summed E-state index contributed by atoms with van der Waals surface area (Å²) in [7, 11) is 0. The highest BCUT2D eigenvalue weighted by molar-refractivity contribution is 6.31. The summed E-state index contributed by atoms with van der Waals surface area (Å²) in [4.78, 5) is 14.2. The van der Waals surface area contributed by atoms with Crippen molar-refractivity contribution in [2.24, 2.45) is 0 Å². The van der Waals surface area contributed by atoms with Crippen LogP contribution in [0.3, 0.4) is 0 Å². The molecule has 1 fully saturated rings. The van der Waals surface area contributed by atoms with Gasteiger partial charge in [0.15, 0.2) is 0 Å². The highest BCUT2D eigenvalue weighted by Gasteiger charge is 2.21.